The number of hydrogen-bond donors (Lipinski definition) is 1. The van der Waals surface area contributed by atoms with Crippen molar-refractivity contribution in [2.75, 3.05) is 39.4 Å². The van der Waals surface area contributed by atoms with Gasteiger partial charge in [-0.1, -0.05) is 54.1 Å². The van der Waals surface area contributed by atoms with E-state index < -0.39 is 0 Å². The zero-order chi connectivity index (χ0) is 19.1. The molecule has 1 saturated heterocycles. The Morgan fingerprint density at radius 3 is 2.30 bits per heavy atom. The summed E-state index contributed by atoms with van der Waals surface area (Å²) in [5.74, 6) is -0.0948. The van der Waals surface area contributed by atoms with Crippen molar-refractivity contribution >= 4 is 17.5 Å². The maximum absolute atomic E-state index is 11.9. The third-order valence-corrected chi connectivity index (χ3v) is 4.95. The molecule has 1 atom stereocenters. The van der Waals surface area contributed by atoms with Crippen LogP contribution in [0.2, 0.25) is 5.02 Å². The third kappa shape index (κ3) is 5.53. The van der Waals surface area contributed by atoms with Gasteiger partial charge in [-0.3, -0.25) is 15.1 Å². The zero-order valence-electron chi connectivity index (χ0n) is 15.6. The molecule has 1 unspecified atom stereocenters. The molecule has 0 saturated carbocycles. The minimum Gasteiger partial charge on any atom is -0.372 e. The quantitative estimate of drug-likeness (QED) is 0.792. The lowest BCUT2D eigenvalue weighted by Crippen LogP contribution is -2.54. The van der Waals surface area contributed by atoms with E-state index in [1.54, 1.807) is 0 Å². The molecule has 0 bridgehead atoms. The highest BCUT2D eigenvalue weighted by molar-refractivity contribution is 6.30. The van der Waals surface area contributed by atoms with Crippen LogP contribution < -0.4 is 5.43 Å². The second-order valence-corrected chi connectivity index (χ2v) is 7.00. The van der Waals surface area contributed by atoms with E-state index in [1.165, 1.54) is 11.1 Å². The summed E-state index contributed by atoms with van der Waals surface area (Å²) in [5, 5.41) is 2.72. The molecule has 0 aliphatic carbocycles. The number of nitrogens with one attached hydrogen (secondary N) is 1. The SMILES string of the molecule is CCOCC(=O)NN1CCN(C(c2ccccc2)c2ccc(Cl)cc2)CC1. The number of benzene rings is 2. The molecule has 2 aromatic rings. The summed E-state index contributed by atoms with van der Waals surface area (Å²) in [6.45, 7) is 5.79. The van der Waals surface area contributed by atoms with Crippen LogP contribution in [-0.4, -0.2) is 55.2 Å². The van der Waals surface area contributed by atoms with Gasteiger partial charge in [-0.15, -0.1) is 0 Å². The lowest BCUT2D eigenvalue weighted by atomic mass is 9.96. The third-order valence-electron chi connectivity index (χ3n) is 4.70. The number of carbonyl (C=O) groups is 1. The molecule has 1 N–H and O–H groups in total. The summed E-state index contributed by atoms with van der Waals surface area (Å²) in [6, 6.07) is 18.7. The molecule has 27 heavy (non-hydrogen) atoms. The molecule has 2 aromatic carbocycles. The Morgan fingerprint density at radius 1 is 1.04 bits per heavy atom. The minimum absolute atomic E-state index is 0.0948. The molecule has 6 heteroatoms. The Hall–Kier alpha value is -1.92. The van der Waals surface area contributed by atoms with Gasteiger partial charge >= 0.3 is 0 Å². The first kappa shape index (κ1) is 19.8. The maximum Gasteiger partial charge on any atom is 0.260 e. The van der Waals surface area contributed by atoms with Crippen LogP contribution in [0.4, 0.5) is 0 Å². The summed E-state index contributed by atoms with van der Waals surface area (Å²) < 4.78 is 5.16. The molecule has 0 aromatic heterocycles. The second-order valence-electron chi connectivity index (χ2n) is 6.56. The molecule has 5 nitrogen and oxygen atoms in total. The highest BCUT2D eigenvalue weighted by Crippen LogP contribution is 2.30. The van der Waals surface area contributed by atoms with Crippen LogP contribution in [0.25, 0.3) is 0 Å². The Bertz CT molecular complexity index is 716. The van der Waals surface area contributed by atoms with Crippen molar-refractivity contribution in [3.8, 4) is 0 Å². The number of ether oxygens (including phenoxy) is 1. The fourth-order valence-electron chi connectivity index (χ4n) is 3.39. The molecule has 0 radical (unpaired) electrons. The van der Waals surface area contributed by atoms with Crippen LogP contribution in [-0.2, 0) is 9.53 Å². The van der Waals surface area contributed by atoms with Crippen molar-refractivity contribution in [2.45, 2.75) is 13.0 Å². The van der Waals surface area contributed by atoms with Gasteiger partial charge in [-0.25, -0.2) is 5.01 Å². The first-order valence-electron chi connectivity index (χ1n) is 9.34. The van der Waals surface area contributed by atoms with Gasteiger partial charge in [0.1, 0.15) is 6.61 Å². The van der Waals surface area contributed by atoms with Crippen molar-refractivity contribution in [1.29, 1.82) is 0 Å². The Labute approximate surface area is 165 Å². The van der Waals surface area contributed by atoms with Crippen LogP contribution in [0.5, 0.6) is 0 Å². The lowest BCUT2D eigenvalue weighted by molar-refractivity contribution is -0.131. The summed E-state index contributed by atoms with van der Waals surface area (Å²) in [4.78, 5) is 14.3. The van der Waals surface area contributed by atoms with E-state index in [0.717, 1.165) is 31.2 Å². The zero-order valence-corrected chi connectivity index (χ0v) is 16.4. The van der Waals surface area contributed by atoms with E-state index in [-0.39, 0.29) is 18.6 Å². The van der Waals surface area contributed by atoms with E-state index in [4.69, 9.17) is 16.3 Å². The summed E-state index contributed by atoms with van der Waals surface area (Å²) in [5.41, 5.74) is 5.41. The average Bonchev–Trinajstić information content (AvgIpc) is 2.70. The Morgan fingerprint density at radius 2 is 1.67 bits per heavy atom. The molecule has 3 rings (SSSR count). The predicted molar refractivity (Wildman–Crippen MR) is 108 cm³/mol. The molecule has 1 heterocycles. The molecular formula is C21H26ClN3O2. The Balaban J connectivity index is 1.68. The number of rotatable bonds is 7. The van der Waals surface area contributed by atoms with Gasteiger partial charge in [-0.2, -0.15) is 0 Å². The van der Waals surface area contributed by atoms with E-state index in [9.17, 15) is 4.79 Å². The molecule has 1 aliphatic heterocycles. The van der Waals surface area contributed by atoms with Gasteiger partial charge in [-0.05, 0) is 30.2 Å². The number of hydrogen-bond acceptors (Lipinski definition) is 4. The standard InChI is InChI=1S/C21H26ClN3O2/c1-2-27-16-20(26)23-25-14-12-24(13-15-25)21(17-6-4-3-5-7-17)18-8-10-19(22)11-9-18/h3-11,21H,2,12-16H2,1H3,(H,23,26). The van der Waals surface area contributed by atoms with Crippen LogP contribution in [0.15, 0.2) is 54.6 Å². The number of nitrogens with zero attached hydrogens (tertiary/aromatic N) is 2. The van der Waals surface area contributed by atoms with Gasteiger partial charge in [0.2, 0.25) is 0 Å². The largest absolute Gasteiger partial charge is 0.372 e. The van der Waals surface area contributed by atoms with Crippen molar-refractivity contribution in [3.63, 3.8) is 0 Å². The van der Waals surface area contributed by atoms with Crippen molar-refractivity contribution in [2.24, 2.45) is 0 Å². The molecule has 144 valence electrons. The molecular weight excluding hydrogens is 362 g/mol. The normalized spacial score (nSPS) is 16.8. The topological polar surface area (TPSA) is 44.8 Å². The van der Waals surface area contributed by atoms with E-state index in [1.807, 2.05) is 30.1 Å². The van der Waals surface area contributed by atoms with Gasteiger partial charge in [0.25, 0.3) is 5.91 Å². The minimum atomic E-state index is -0.0948. The van der Waals surface area contributed by atoms with Gasteiger partial charge < -0.3 is 4.74 Å². The fraction of sp³-hybridized carbons (Fsp3) is 0.381. The van der Waals surface area contributed by atoms with Crippen LogP contribution in [0, 0.1) is 0 Å². The lowest BCUT2D eigenvalue weighted by Gasteiger charge is -2.39. The second kappa shape index (κ2) is 9.85. The van der Waals surface area contributed by atoms with E-state index in [2.05, 4.69) is 46.7 Å². The van der Waals surface area contributed by atoms with E-state index in [0.29, 0.717) is 6.61 Å². The van der Waals surface area contributed by atoms with Gasteiger partial charge in [0.05, 0.1) is 6.04 Å². The first-order valence-corrected chi connectivity index (χ1v) is 9.72. The van der Waals surface area contributed by atoms with Crippen molar-refractivity contribution < 1.29 is 9.53 Å². The highest BCUT2D eigenvalue weighted by atomic mass is 35.5. The molecule has 0 spiro atoms. The Kier molecular flexibility index (Phi) is 7.24. The van der Waals surface area contributed by atoms with Gasteiger partial charge in [0, 0.05) is 37.8 Å². The number of amides is 1. The summed E-state index contributed by atoms with van der Waals surface area (Å²) in [6.07, 6.45) is 0. The van der Waals surface area contributed by atoms with Gasteiger partial charge in [0.15, 0.2) is 0 Å². The fourth-order valence-corrected chi connectivity index (χ4v) is 3.52. The number of hydrazine groups is 1. The summed E-state index contributed by atoms with van der Waals surface area (Å²) in [7, 11) is 0. The van der Waals surface area contributed by atoms with Crippen LogP contribution in [0.3, 0.4) is 0 Å². The summed E-state index contributed by atoms with van der Waals surface area (Å²) >= 11 is 6.08. The number of carbonyl (C=O) groups excluding carboxylic acids is 1. The number of piperazine rings is 1. The molecule has 1 fully saturated rings. The van der Waals surface area contributed by atoms with Crippen LogP contribution in [0.1, 0.15) is 24.1 Å². The maximum atomic E-state index is 11.9. The molecule has 1 aliphatic rings. The first-order chi connectivity index (χ1) is 13.2. The number of halogens is 1. The highest BCUT2D eigenvalue weighted by Gasteiger charge is 2.26. The smallest absolute Gasteiger partial charge is 0.260 e. The monoisotopic (exact) mass is 387 g/mol. The molecule has 1 amide bonds. The average molecular weight is 388 g/mol. The predicted octanol–water partition coefficient (Wildman–Crippen LogP) is 3.11. The van der Waals surface area contributed by atoms with Crippen molar-refractivity contribution in [3.05, 3.63) is 70.7 Å². The van der Waals surface area contributed by atoms with Crippen molar-refractivity contribution in [1.82, 2.24) is 15.3 Å². The van der Waals surface area contributed by atoms with E-state index >= 15 is 0 Å². The van der Waals surface area contributed by atoms with Crippen LogP contribution >= 0.6 is 11.6 Å².